The first-order valence-corrected chi connectivity index (χ1v) is 6.19. The molecule has 0 saturated carbocycles. The Kier molecular flexibility index (Phi) is 3.95. The smallest absolute Gasteiger partial charge is 0.0418 e. The third-order valence-electron chi connectivity index (χ3n) is 2.53. The van der Waals surface area contributed by atoms with Gasteiger partial charge >= 0.3 is 0 Å². The molecule has 2 unspecified atom stereocenters. The van der Waals surface area contributed by atoms with Gasteiger partial charge in [0.05, 0.1) is 0 Å². The minimum absolute atomic E-state index is 0.177. The molecule has 13 heavy (non-hydrogen) atoms. The maximum atomic E-state index is 6.14. The third kappa shape index (κ3) is 2.79. The molecule has 2 atom stereocenters. The molecule has 3 heteroatoms. The van der Waals surface area contributed by atoms with E-state index in [4.69, 9.17) is 5.73 Å². The van der Waals surface area contributed by atoms with Crippen molar-refractivity contribution in [3.05, 3.63) is 20.8 Å². The van der Waals surface area contributed by atoms with Gasteiger partial charge in [0.25, 0.3) is 0 Å². The number of hydrogen-bond acceptors (Lipinski definition) is 2. The molecule has 1 rings (SSSR count). The minimum Gasteiger partial charge on any atom is -0.323 e. The summed E-state index contributed by atoms with van der Waals surface area (Å²) in [5.74, 6) is 1.17. The Morgan fingerprint density at radius 2 is 2.00 bits per heavy atom. The van der Waals surface area contributed by atoms with Gasteiger partial charge in [-0.25, -0.2) is 0 Å². The quantitative estimate of drug-likeness (QED) is 0.880. The molecule has 2 N–H and O–H groups in total. The Morgan fingerprint density at radius 1 is 1.38 bits per heavy atom. The van der Waals surface area contributed by atoms with E-state index in [1.54, 1.807) is 11.3 Å². The fraction of sp³-hybridized carbons (Fsp3) is 0.600. The van der Waals surface area contributed by atoms with E-state index in [1.807, 2.05) is 0 Å². The van der Waals surface area contributed by atoms with Gasteiger partial charge in [-0.15, -0.1) is 11.3 Å². The van der Waals surface area contributed by atoms with E-state index in [1.165, 1.54) is 4.88 Å². The van der Waals surface area contributed by atoms with Crippen LogP contribution in [-0.2, 0) is 0 Å². The monoisotopic (exact) mass is 261 g/mol. The summed E-state index contributed by atoms with van der Waals surface area (Å²) in [5, 5.41) is 2.09. The van der Waals surface area contributed by atoms with Crippen LogP contribution in [0.5, 0.6) is 0 Å². The van der Waals surface area contributed by atoms with Gasteiger partial charge in [-0.1, -0.05) is 20.8 Å². The van der Waals surface area contributed by atoms with E-state index in [2.05, 4.69) is 48.1 Å². The number of halogens is 1. The highest BCUT2D eigenvalue weighted by Crippen LogP contribution is 2.31. The Bertz CT molecular complexity index is 270. The van der Waals surface area contributed by atoms with Crippen molar-refractivity contribution in [2.24, 2.45) is 17.6 Å². The zero-order chi connectivity index (χ0) is 10.0. The number of nitrogens with two attached hydrogens (primary N) is 1. The Morgan fingerprint density at radius 3 is 2.38 bits per heavy atom. The topological polar surface area (TPSA) is 26.0 Å². The summed E-state index contributed by atoms with van der Waals surface area (Å²) in [7, 11) is 0. The molecule has 0 aliphatic rings. The van der Waals surface area contributed by atoms with Crippen LogP contribution in [0.15, 0.2) is 15.9 Å². The molecule has 1 aromatic rings. The molecule has 74 valence electrons. The van der Waals surface area contributed by atoms with Gasteiger partial charge in [0.15, 0.2) is 0 Å². The molecular weight excluding hydrogens is 246 g/mol. The lowest BCUT2D eigenvalue weighted by molar-refractivity contribution is 0.355. The van der Waals surface area contributed by atoms with Crippen molar-refractivity contribution in [3.63, 3.8) is 0 Å². The van der Waals surface area contributed by atoms with E-state index in [0.29, 0.717) is 11.8 Å². The van der Waals surface area contributed by atoms with Crippen LogP contribution in [0.2, 0.25) is 0 Å². The number of hydrogen-bond donors (Lipinski definition) is 1. The van der Waals surface area contributed by atoms with Crippen LogP contribution in [0.4, 0.5) is 0 Å². The minimum atomic E-state index is 0.177. The zero-order valence-corrected chi connectivity index (χ0v) is 10.7. The summed E-state index contributed by atoms with van der Waals surface area (Å²) in [4.78, 5) is 1.27. The predicted molar refractivity (Wildman–Crippen MR) is 62.9 cm³/mol. The average Bonchev–Trinajstić information content (AvgIpc) is 2.49. The van der Waals surface area contributed by atoms with Crippen molar-refractivity contribution in [2.45, 2.75) is 26.8 Å². The highest BCUT2D eigenvalue weighted by Gasteiger charge is 2.19. The lowest BCUT2D eigenvalue weighted by Crippen LogP contribution is -2.22. The molecule has 0 amide bonds. The van der Waals surface area contributed by atoms with Crippen molar-refractivity contribution in [1.29, 1.82) is 0 Å². The molecule has 1 aromatic heterocycles. The van der Waals surface area contributed by atoms with Gasteiger partial charge in [0.1, 0.15) is 0 Å². The number of thiophene rings is 1. The van der Waals surface area contributed by atoms with E-state index in [9.17, 15) is 0 Å². The van der Waals surface area contributed by atoms with Gasteiger partial charge in [-0.05, 0) is 33.8 Å². The van der Waals surface area contributed by atoms with Gasteiger partial charge in [0, 0.05) is 20.8 Å². The lowest BCUT2D eigenvalue weighted by Gasteiger charge is -2.22. The molecule has 0 aliphatic heterocycles. The predicted octanol–water partition coefficient (Wildman–Crippen LogP) is 3.80. The van der Waals surface area contributed by atoms with E-state index in [0.717, 1.165) is 4.47 Å². The molecule has 0 fully saturated rings. The molecular formula is C10H16BrNS. The Labute approximate surface area is 92.5 Å². The largest absolute Gasteiger partial charge is 0.323 e. The second-order valence-electron chi connectivity index (χ2n) is 3.80. The van der Waals surface area contributed by atoms with Gasteiger partial charge in [-0.2, -0.15) is 0 Å². The van der Waals surface area contributed by atoms with Crippen molar-refractivity contribution in [1.82, 2.24) is 0 Å². The molecule has 0 aliphatic carbocycles. The molecule has 0 spiro atoms. The van der Waals surface area contributed by atoms with Gasteiger partial charge < -0.3 is 5.73 Å². The summed E-state index contributed by atoms with van der Waals surface area (Å²) in [6.07, 6.45) is 0. The van der Waals surface area contributed by atoms with Crippen molar-refractivity contribution in [2.75, 3.05) is 0 Å². The standard InChI is InChI=1S/C10H16BrNS/c1-6(2)7(3)10(12)9-4-8(11)5-13-9/h4-7,10H,12H2,1-3H3. The summed E-state index contributed by atoms with van der Waals surface area (Å²) in [6.45, 7) is 6.64. The van der Waals surface area contributed by atoms with Crippen LogP contribution >= 0.6 is 27.3 Å². The molecule has 0 radical (unpaired) electrons. The molecule has 1 heterocycles. The van der Waals surface area contributed by atoms with Crippen molar-refractivity contribution < 1.29 is 0 Å². The molecule has 1 nitrogen and oxygen atoms in total. The van der Waals surface area contributed by atoms with E-state index < -0.39 is 0 Å². The van der Waals surface area contributed by atoms with Crippen LogP contribution < -0.4 is 5.73 Å². The van der Waals surface area contributed by atoms with Crippen LogP contribution in [0.25, 0.3) is 0 Å². The SMILES string of the molecule is CC(C)C(C)C(N)c1cc(Br)cs1. The maximum Gasteiger partial charge on any atom is 0.0418 e. The first-order chi connectivity index (χ1) is 6.02. The van der Waals surface area contributed by atoms with E-state index >= 15 is 0 Å². The Balaban J connectivity index is 2.73. The molecule has 0 aromatic carbocycles. The molecule has 0 bridgehead atoms. The highest BCUT2D eigenvalue weighted by molar-refractivity contribution is 9.10. The van der Waals surface area contributed by atoms with Crippen LogP contribution in [0.3, 0.4) is 0 Å². The first-order valence-electron chi connectivity index (χ1n) is 4.52. The van der Waals surface area contributed by atoms with Gasteiger partial charge in [0.2, 0.25) is 0 Å². The second-order valence-corrected chi connectivity index (χ2v) is 5.65. The maximum absolute atomic E-state index is 6.14. The zero-order valence-electron chi connectivity index (χ0n) is 8.25. The summed E-state index contributed by atoms with van der Waals surface area (Å²) < 4.78 is 1.14. The summed E-state index contributed by atoms with van der Waals surface area (Å²) in [6, 6.07) is 2.30. The number of rotatable bonds is 3. The summed E-state index contributed by atoms with van der Waals surface area (Å²) >= 11 is 5.17. The normalized spacial score (nSPS) is 16.2. The van der Waals surface area contributed by atoms with E-state index in [-0.39, 0.29) is 6.04 Å². The average molecular weight is 262 g/mol. The van der Waals surface area contributed by atoms with Crippen LogP contribution in [-0.4, -0.2) is 0 Å². The highest BCUT2D eigenvalue weighted by atomic mass is 79.9. The first kappa shape index (κ1) is 11.2. The van der Waals surface area contributed by atoms with Crippen molar-refractivity contribution >= 4 is 27.3 Å². The van der Waals surface area contributed by atoms with Crippen LogP contribution in [0, 0.1) is 11.8 Å². The third-order valence-corrected chi connectivity index (χ3v) is 4.33. The van der Waals surface area contributed by atoms with Gasteiger partial charge in [-0.3, -0.25) is 0 Å². The summed E-state index contributed by atoms with van der Waals surface area (Å²) in [5.41, 5.74) is 6.14. The molecule has 0 saturated heterocycles. The van der Waals surface area contributed by atoms with Crippen LogP contribution in [0.1, 0.15) is 31.7 Å². The fourth-order valence-electron chi connectivity index (χ4n) is 1.18. The Hall–Kier alpha value is 0.140. The second kappa shape index (κ2) is 4.58. The van der Waals surface area contributed by atoms with Crippen molar-refractivity contribution in [3.8, 4) is 0 Å². The fourth-order valence-corrected chi connectivity index (χ4v) is 2.74. The lowest BCUT2D eigenvalue weighted by atomic mass is 9.90.